The van der Waals surface area contributed by atoms with E-state index in [1.54, 1.807) is 23.3 Å². The number of hydrazone groups is 1. The number of rotatable bonds is 2. The second kappa shape index (κ2) is 5.21. The summed E-state index contributed by atoms with van der Waals surface area (Å²) >= 11 is 1.65. The molecule has 0 bridgehead atoms. The number of hydrogen-bond acceptors (Lipinski definition) is 3. The van der Waals surface area contributed by atoms with Crippen molar-refractivity contribution in [1.29, 1.82) is 0 Å². The molecule has 1 aromatic carbocycles. The molecule has 0 saturated carbocycles. The van der Waals surface area contributed by atoms with Crippen LogP contribution >= 0.6 is 11.3 Å². The fourth-order valence-electron chi connectivity index (χ4n) is 2.45. The molecule has 0 saturated heterocycles. The molecule has 3 nitrogen and oxygen atoms in total. The summed E-state index contributed by atoms with van der Waals surface area (Å²) in [6.45, 7) is 3.63. The Balaban J connectivity index is 1.93. The van der Waals surface area contributed by atoms with Gasteiger partial charge in [0.15, 0.2) is 0 Å². The van der Waals surface area contributed by atoms with Crippen molar-refractivity contribution in [2.75, 3.05) is 0 Å². The van der Waals surface area contributed by atoms with Gasteiger partial charge in [-0.25, -0.2) is 5.01 Å². The molecule has 1 atom stereocenters. The molecule has 0 radical (unpaired) electrons. The van der Waals surface area contributed by atoms with Gasteiger partial charge in [0.2, 0.25) is 5.91 Å². The van der Waals surface area contributed by atoms with E-state index < -0.39 is 0 Å². The molecule has 0 spiro atoms. The quantitative estimate of drug-likeness (QED) is 0.826. The third-order valence-corrected chi connectivity index (χ3v) is 4.23. The summed E-state index contributed by atoms with van der Waals surface area (Å²) in [5, 5.41) is 10.2. The third kappa shape index (κ3) is 2.39. The van der Waals surface area contributed by atoms with Crippen LogP contribution in [0.2, 0.25) is 0 Å². The molecule has 4 heteroatoms. The summed E-state index contributed by atoms with van der Waals surface area (Å²) in [5.41, 5.74) is 4.47. The topological polar surface area (TPSA) is 32.7 Å². The van der Waals surface area contributed by atoms with Gasteiger partial charge in [0.25, 0.3) is 0 Å². The van der Waals surface area contributed by atoms with Gasteiger partial charge in [-0.3, -0.25) is 4.79 Å². The minimum atomic E-state index is -0.0131. The van der Waals surface area contributed by atoms with Gasteiger partial charge in [0.05, 0.1) is 11.8 Å². The third-order valence-electron chi connectivity index (χ3n) is 3.55. The van der Waals surface area contributed by atoms with Gasteiger partial charge in [0, 0.05) is 18.9 Å². The predicted octanol–water partition coefficient (Wildman–Crippen LogP) is 3.75. The second-order valence-electron chi connectivity index (χ2n) is 5.05. The number of carbonyl (C=O) groups excluding carboxylic acids is 1. The van der Waals surface area contributed by atoms with Gasteiger partial charge >= 0.3 is 0 Å². The van der Waals surface area contributed by atoms with Crippen molar-refractivity contribution in [2.45, 2.75) is 26.3 Å². The van der Waals surface area contributed by atoms with Crippen LogP contribution in [-0.4, -0.2) is 16.6 Å². The fourth-order valence-corrected chi connectivity index (χ4v) is 3.12. The van der Waals surface area contributed by atoms with E-state index in [0.29, 0.717) is 0 Å². The van der Waals surface area contributed by atoms with Crippen LogP contribution < -0.4 is 0 Å². The first-order chi connectivity index (χ1) is 9.65. The van der Waals surface area contributed by atoms with E-state index >= 15 is 0 Å². The molecule has 1 unspecified atom stereocenters. The van der Waals surface area contributed by atoms with E-state index in [2.05, 4.69) is 47.7 Å². The van der Waals surface area contributed by atoms with Crippen LogP contribution in [0, 0.1) is 6.92 Å². The zero-order chi connectivity index (χ0) is 14.1. The standard InChI is InChI=1S/C16H16N2OS/c1-11-3-5-13(6-4-11)16-9-15(14-7-8-20-10-14)17-18(16)12(2)19/h3-8,10,16H,9H2,1-2H3. The van der Waals surface area contributed by atoms with Gasteiger partial charge < -0.3 is 0 Å². The first kappa shape index (κ1) is 13.1. The SMILES string of the molecule is CC(=O)N1N=C(c2ccsc2)CC1c1ccc(C)cc1. The Morgan fingerprint density at radius 3 is 2.65 bits per heavy atom. The molecule has 3 rings (SSSR count). The summed E-state index contributed by atoms with van der Waals surface area (Å²) in [6.07, 6.45) is 0.777. The molecule has 1 aliphatic rings. The number of amides is 1. The molecule has 1 amide bonds. The summed E-state index contributed by atoms with van der Waals surface area (Å²) in [4.78, 5) is 11.8. The summed E-state index contributed by atoms with van der Waals surface area (Å²) in [7, 11) is 0. The van der Waals surface area contributed by atoms with Crippen molar-refractivity contribution < 1.29 is 4.79 Å². The number of aryl methyl sites for hydroxylation is 1. The van der Waals surface area contributed by atoms with E-state index in [4.69, 9.17) is 0 Å². The normalized spacial score (nSPS) is 18.2. The van der Waals surface area contributed by atoms with E-state index in [9.17, 15) is 4.79 Å². The average Bonchev–Trinajstić information content (AvgIpc) is 3.08. The van der Waals surface area contributed by atoms with Crippen molar-refractivity contribution in [3.63, 3.8) is 0 Å². The molecule has 2 aromatic rings. The molecular weight excluding hydrogens is 268 g/mol. The van der Waals surface area contributed by atoms with E-state index in [0.717, 1.165) is 23.3 Å². The number of hydrogen-bond donors (Lipinski definition) is 0. The monoisotopic (exact) mass is 284 g/mol. The van der Waals surface area contributed by atoms with Crippen LogP contribution in [0.5, 0.6) is 0 Å². The lowest BCUT2D eigenvalue weighted by Crippen LogP contribution is -2.24. The number of nitrogens with zero attached hydrogens (tertiary/aromatic N) is 2. The van der Waals surface area contributed by atoms with Crippen molar-refractivity contribution >= 4 is 23.0 Å². The van der Waals surface area contributed by atoms with Gasteiger partial charge in [-0.1, -0.05) is 29.8 Å². The molecule has 2 heterocycles. The molecule has 0 N–H and O–H groups in total. The van der Waals surface area contributed by atoms with E-state index in [1.807, 2.05) is 5.38 Å². The van der Waals surface area contributed by atoms with Crippen LogP contribution in [-0.2, 0) is 4.79 Å². The Morgan fingerprint density at radius 1 is 1.30 bits per heavy atom. The lowest BCUT2D eigenvalue weighted by atomic mass is 9.99. The number of benzene rings is 1. The lowest BCUT2D eigenvalue weighted by Gasteiger charge is -2.20. The van der Waals surface area contributed by atoms with Crippen LogP contribution in [0.3, 0.4) is 0 Å². The highest BCUT2D eigenvalue weighted by atomic mass is 32.1. The van der Waals surface area contributed by atoms with Crippen LogP contribution in [0.4, 0.5) is 0 Å². The second-order valence-corrected chi connectivity index (χ2v) is 5.83. The highest BCUT2D eigenvalue weighted by molar-refractivity contribution is 7.08. The molecule has 102 valence electrons. The first-order valence-corrected chi connectivity index (χ1v) is 7.56. The van der Waals surface area contributed by atoms with Crippen molar-refractivity contribution in [3.8, 4) is 0 Å². The molecule has 0 fully saturated rings. The molecule has 1 aliphatic heterocycles. The summed E-state index contributed by atoms with van der Waals surface area (Å²) in [5.74, 6) is -0.0131. The predicted molar refractivity (Wildman–Crippen MR) is 81.9 cm³/mol. The lowest BCUT2D eigenvalue weighted by molar-refractivity contribution is -0.130. The van der Waals surface area contributed by atoms with Crippen molar-refractivity contribution in [1.82, 2.24) is 5.01 Å². The van der Waals surface area contributed by atoms with E-state index in [1.165, 1.54) is 5.56 Å². The minimum absolute atomic E-state index is 0.0131. The van der Waals surface area contributed by atoms with Crippen molar-refractivity contribution in [3.05, 3.63) is 57.8 Å². The Bertz CT molecular complexity index is 644. The highest BCUT2D eigenvalue weighted by Gasteiger charge is 2.31. The van der Waals surface area contributed by atoms with Gasteiger partial charge in [-0.2, -0.15) is 16.4 Å². The minimum Gasteiger partial charge on any atom is -0.273 e. The summed E-state index contributed by atoms with van der Waals surface area (Å²) < 4.78 is 0. The van der Waals surface area contributed by atoms with Gasteiger partial charge in [0.1, 0.15) is 0 Å². The smallest absolute Gasteiger partial charge is 0.240 e. The maximum absolute atomic E-state index is 11.8. The number of carbonyl (C=O) groups is 1. The fraction of sp³-hybridized carbons (Fsp3) is 0.250. The van der Waals surface area contributed by atoms with E-state index in [-0.39, 0.29) is 11.9 Å². The maximum atomic E-state index is 11.8. The zero-order valence-corrected chi connectivity index (χ0v) is 12.4. The number of thiophene rings is 1. The molecule has 1 aromatic heterocycles. The Labute approximate surface area is 122 Å². The van der Waals surface area contributed by atoms with Crippen LogP contribution in [0.25, 0.3) is 0 Å². The van der Waals surface area contributed by atoms with Crippen molar-refractivity contribution in [2.24, 2.45) is 5.10 Å². The Morgan fingerprint density at radius 2 is 2.05 bits per heavy atom. The maximum Gasteiger partial charge on any atom is 0.240 e. The zero-order valence-electron chi connectivity index (χ0n) is 11.5. The molecule has 20 heavy (non-hydrogen) atoms. The first-order valence-electron chi connectivity index (χ1n) is 6.61. The van der Waals surface area contributed by atoms with Crippen LogP contribution in [0.1, 0.15) is 36.1 Å². The largest absolute Gasteiger partial charge is 0.273 e. The van der Waals surface area contributed by atoms with Gasteiger partial charge in [-0.05, 0) is 29.3 Å². The summed E-state index contributed by atoms with van der Waals surface area (Å²) in [6, 6.07) is 10.4. The highest BCUT2D eigenvalue weighted by Crippen LogP contribution is 2.33. The molecular formula is C16H16N2OS. The molecule has 0 aliphatic carbocycles. The van der Waals surface area contributed by atoms with Crippen LogP contribution in [0.15, 0.2) is 46.2 Å². The van der Waals surface area contributed by atoms with Gasteiger partial charge in [-0.15, -0.1) is 0 Å². The average molecular weight is 284 g/mol. The Hall–Kier alpha value is -1.94. The Kier molecular flexibility index (Phi) is 3.40.